The third kappa shape index (κ3) is 1.64. The van der Waals surface area contributed by atoms with E-state index in [4.69, 9.17) is 0 Å². The molecule has 1 aliphatic heterocycles. The number of hydrogen-bond acceptors (Lipinski definition) is 4. The number of nitrogens with zero attached hydrogens (tertiary/aromatic N) is 2. The van der Waals surface area contributed by atoms with Crippen molar-refractivity contribution in [3.05, 3.63) is 11.1 Å². The lowest BCUT2D eigenvalue weighted by Crippen LogP contribution is -2.61. The summed E-state index contributed by atoms with van der Waals surface area (Å²) >= 11 is 1.67. The van der Waals surface area contributed by atoms with E-state index in [1.54, 1.807) is 11.3 Å². The number of β-amino-alcohol motifs (C(OH)–C–C–N with tert-alkyl or cyclic N) is 1. The Morgan fingerprint density at radius 1 is 1.57 bits per heavy atom. The van der Waals surface area contributed by atoms with Crippen LogP contribution in [0.4, 0.5) is 5.13 Å². The third-order valence-corrected chi connectivity index (χ3v) is 3.75. The Balaban J connectivity index is 1.99. The maximum absolute atomic E-state index is 9.85. The van der Waals surface area contributed by atoms with E-state index in [1.165, 1.54) is 0 Å². The number of aryl methyl sites for hydroxylation is 1. The molecule has 0 atom stereocenters. The number of thiazole rings is 1. The quantitative estimate of drug-likeness (QED) is 0.828. The fourth-order valence-electron chi connectivity index (χ4n) is 1.63. The zero-order valence-corrected chi connectivity index (χ0v) is 9.47. The summed E-state index contributed by atoms with van der Waals surface area (Å²) < 4.78 is 0. The van der Waals surface area contributed by atoms with Crippen molar-refractivity contribution in [2.24, 2.45) is 0 Å². The molecule has 2 rings (SSSR count). The Bertz CT molecular complexity index is 318. The van der Waals surface area contributed by atoms with Crippen LogP contribution in [0.15, 0.2) is 5.38 Å². The van der Waals surface area contributed by atoms with Crippen molar-refractivity contribution in [3.63, 3.8) is 0 Å². The van der Waals surface area contributed by atoms with Gasteiger partial charge in [0.05, 0.1) is 24.4 Å². The van der Waals surface area contributed by atoms with Crippen LogP contribution in [-0.2, 0) is 6.42 Å². The monoisotopic (exact) mass is 212 g/mol. The predicted molar refractivity (Wildman–Crippen MR) is 58.9 cm³/mol. The minimum atomic E-state index is -0.460. The standard InChI is InChI=1S/C10H16N2OS/c1-3-8-5-14-9(11-8)12-6-10(13,4-2)7-12/h5,13H,3-4,6-7H2,1-2H3. The average Bonchev–Trinajstić information content (AvgIpc) is 2.61. The molecule has 78 valence electrons. The van der Waals surface area contributed by atoms with E-state index in [2.05, 4.69) is 22.2 Å². The molecule has 1 aromatic rings. The molecule has 3 nitrogen and oxygen atoms in total. The summed E-state index contributed by atoms with van der Waals surface area (Å²) in [4.78, 5) is 6.63. The van der Waals surface area contributed by atoms with Crippen LogP contribution in [0, 0.1) is 0 Å². The largest absolute Gasteiger partial charge is 0.386 e. The topological polar surface area (TPSA) is 36.4 Å². The van der Waals surface area contributed by atoms with Crippen molar-refractivity contribution in [2.75, 3.05) is 18.0 Å². The molecule has 0 unspecified atom stereocenters. The average molecular weight is 212 g/mol. The molecule has 0 spiro atoms. The molecule has 0 amide bonds. The maximum atomic E-state index is 9.85. The summed E-state index contributed by atoms with van der Waals surface area (Å²) in [7, 11) is 0. The number of hydrogen-bond donors (Lipinski definition) is 1. The van der Waals surface area contributed by atoms with Crippen LogP contribution in [0.2, 0.25) is 0 Å². The van der Waals surface area contributed by atoms with E-state index in [1.807, 2.05) is 6.92 Å². The SMILES string of the molecule is CCc1csc(N2CC(O)(CC)C2)n1. The van der Waals surface area contributed by atoms with E-state index in [9.17, 15) is 5.11 Å². The first-order valence-electron chi connectivity index (χ1n) is 5.08. The summed E-state index contributed by atoms with van der Waals surface area (Å²) in [5.74, 6) is 0. The van der Waals surface area contributed by atoms with Gasteiger partial charge in [-0.05, 0) is 12.8 Å². The molecule has 1 aromatic heterocycles. The number of anilines is 1. The Labute approximate surface area is 88.4 Å². The van der Waals surface area contributed by atoms with Gasteiger partial charge in [-0.1, -0.05) is 13.8 Å². The fourth-order valence-corrected chi connectivity index (χ4v) is 2.54. The molecule has 14 heavy (non-hydrogen) atoms. The molecule has 2 heterocycles. The van der Waals surface area contributed by atoms with Crippen LogP contribution in [0.5, 0.6) is 0 Å². The highest BCUT2D eigenvalue weighted by molar-refractivity contribution is 7.13. The molecule has 1 N–H and O–H groups in total. The van der Waals surface area contributed by atoms with E-state index in [0.29, 0.717) is 0 Å². The van der Waals surface area contributed by atoms with E-state index >= 15 is 0 Å². The number of aromatic nitrogens is 1. The second kappa shape index (κ2) is 3.51. The van der Waals surface area contributed by atoms with E-state index in [-0.39, 0.29) is 0 Å². The normalized spacial score (nSPS) is 19.5. The Kier molecular flexibility index (Phi) is 2.49. The molecule has 0 saturated carbocycles. The summed E-state index contributed by atoms with van der Waals surface area (Å²) in [6, 6.07) is 0. The molecule has 1 saturated heterocycles. The van der Waals surface area contributed by atoms with Crippen LogP contribution < -0.4 is 4.90 Å². The summed E-state index contributed by atoms with van der Waals surface area (Å²) in [5.41, 5.74) is 0.690. The molecule has 1 aliphatic rings. The first-order valence-corrected chi connectivity index (χ1v) is 5.96. The fraction of sp³-hybridized carbons (Fsp3) is 0.700. The van der Waals surface area contributed by atoms with E-state index in [0.717, 1.165) is 36.8 Å². The Morgan fingerprint density at radius 2 is 2.29 bits per heavy atom. The Morgan fingerprint density at radius 3 is 2.79 bits per heavy atom. The van der Waals surface area contributed by atoms with Gasteiger partial charge in [0.25, 0.3) is 0 Å². The lowest BCUT2D eigenvalue weighted by atomic mass is 9.92. The number of rotatable bonds is 3. The Hall–Kier alpha value is -0.610. The summed E-state index contributed by atoms with van der Waals surface area (Å²) in [5, 5.41) is 13.0. The van der Waals surface area contributed by atoms with Gasteiger partial charge in [0.1, 0.15) is 0 Å². The molecule has 0 radical (unpaired) electrons. The van der Waals surface area contributed by atoms with Gasteiger partial charge >= 0.3 is 0 Å². The van der Waals surface area contributed by atoms with Crippen LogP contribution in [-0.4, -0.2) is 28.8 Å². The van der Waals surface area contributed by atoms with Gasteiger partial charge < -0.3 is 10.0 Å². The number of aliphatic hydroxyl groups is 1. The lowest BCUT2D eigenvalue weighted by Gasteiger charge is -2.46. The molecular weight excluding hydrogens is 196 g/mol. The second-order valence-corrected chi connectivity index (χ2v) is 4.75. The highest BCUT2D eigenvalue weighted by Crippen LogP contribution is 2.31. The lowest BCUT2D eigenvalue weighted by molar-refractivity contribution is 0.00849. The zero-order valence-electron chi connectivity index (χ0n) is 8.66. The van der Waals surface area contributed by atoms with Gasteiger partial charge in [-0.15, -0.1) is 11.3 Å². The summed E-state index contributed by atoms with van der Waals surface area (Å²) in [6.45, 7) is 5.61. The van der Waals surface area contributed by atoms with Crippen LogP contribution in [0.3, 0.4) is 0 Å². The zero-order chi connectivity index (χ0) is 10.2. The van der Waals surface area contributed by atoms with Crippen molar-refractivity contribution in [1.29, 1.82) is 0 Å². The van der Waals surface area contributed by atoms with Crippen LogP contribution in [0.1, 0.15) is 26.0 Å². The van der Waals surface area contributed by atoms with Crippen molar-refractivity contribution in [1.82, 2.24) is 4.98 Å². The van der Waals surface area contributed by atoms with Gasteiger partial charge in [0, 0.05) is 5.38 Å². The first kappa shape index (κ1) is 9.93. The van der Waals surface area contributed by atoms with Crippen molar-refractivity contribution < 1.29 is 5.11 Å². The van der Waals surface area contributed by atoms with Gasteiger partial charge in [-0.25, -0.2) is 4.98 Å². The summed E-state index contributed by atoms with van der Waals surface area (Å²) in [6.07, 6.45) is 1.82. The van der Waals surface area contributed by atoms with Gasteiger partial charge in [0.2, 0.25) is 0 Å². The minimum Gasteiger partial charge on any atom is -0.386 e. The van der Waals surface area contributed by atoms with Crippen LogP contribution >= 0.6 is 11.3 Å². The maximum Gasteiger partial charge on any atom is 0.185 e. The smallest absolute Gasteiger partial charge is 0.185 e. The van der Waals surface area contributed by atoms with Crippen molar-refractivity contribution >= 4 is 16.5 Å². The highest BCUT2D eigenvalue weighted by atomic mass is 32.1. The molecular formula is C10H16N2OS. The van der Waals surface area contributed by atoms with Gasteiger partial charge in [-0.2, -0.15) is 0 Å². The predicted octanol–water partition coefficient (Wildman–Crippen LogP) is 1.67. The van der Waals surface area contributed by atoms with Crippen LogP contribution in [0.25, 0.3) is 0 Å². The molecule has 0 aromatic carbocycles. The van der Waals surface area contributed by atoms with Crippen molar-refractivity contribution in [2.45, 2.75) is 32.3 Å². The molecule has 1 fully saturated rings. The minimum absolute atomic E-state index is 0.460. The van der Waals surface area contributed by atoms with Crippen molar-refractivity contribution in [3.8, 4) is 0 Å². The third-order valence-electron chi connectivity index (χ3n) is 2.80. The molecule has 4 heteroatoms. The second-order valence-electron chi connectivity index (χ2n) is 3.91. The van der Waals surface area contributed by atoms with Gasteiger partial charge in [-0.3, -0.25) is 0 Å². The van der Waals surface area contributed by atoms with Gasteiger partial charge in [0.15, 0.2) is 5.13 Å². The first-order chi connectivity index (χ1) is 6.67. The highest BCUT2D eigenvalue weighted by Gasteiger charge is 2.40. The molecule has 0 bridgehead atoms. The van der Waals surface area contributed by atoms with E-state index < -0.39 is 5.60 Å². The molecule has 0 aliphatic carbocycles.